The maximum absolute atomic E-state index is 10.6. The molecule has 1 aliphatic heterocycles. The highest BCUT2D eigenvalue weighted by Crippen LogP contribution is 2.35. The summed E-state index contributed by atoms with van der Waals surface area (Å²) in [7, 11) is 1.61. The number of halogens is 1. The monoisotopic (exact) mass is 555 g/mol. The van der Waals surface area contributed by atoms with Crippen LogP contribution in [0.4, 0.5) is 0 Å². The summed E-state index contributed by atoms with van der Waals surface area (Å²) in [5.41, 5.74) is 2.93. The molecule has 0 aliphatic carbocycles. The molecule has 2 unspecified atom stereocenters. The Bertz CT molecular complexity index is 907. The quantitative estimate of drug-likeness (QED) is 0.248. The molecule has 0 amide bonds. The first-order valence-corrected chi connectivity index (χ1v) is 10.8. The second kappa shape index (κ2) is 12.7. The molecular formula is C24H34IN3O4. The molecular weight excluding hydrogens is 521 g/mol. The van der Waals surface area contributed by atoms with Gasteiger partial charge in [0.2, 0.25) is 0 Å². The minimum absolute atomic E-state index is 0. The summed E-state index contributed by atoms with van der Waals surface area (Å²) in [4.78, 5) is 4.69. The van der Waals surface area contributed by atoms with Crippen molar-refractivity contribution in [2.24, 2.45) is 4.99 Å². The average molecular weight is 555 g/mol. The van der Waals surface area contributed by atoms with E-state index in [0.29, 0.717) is 38.0 Å². The predicted molar refractivity (Wildman–Crippen MR) is 138 cm³/mol. The molecule has 0 aromatic heterocycles. The van der Waals surface area contributed by atoms with Crippen molar-refractivity contribution in [1.82, 2.24) is 10.6 Å². The van der Waals surface area contributed by atoms with E-state index in [1.807, 2.05) is 44.2 Å². The number of aliphatic imine (C=N–C) groups is 1. The van der Waals surface area contributed by atoms with Crippen molar-refractivity contribution >= 4 is 29.9 Å². The minimum atomic E-state index is -0.687. The van der Waals surface area contributed by atoms with Crippen molar-refractivity contribution in [3.8, 4) is 17.2 Å². The van der Waals surface area contributed by atoms with E-state index in [1.54, 1.807) is 7.11 Å². The number of hydrogen-bond acceptors (Lipinski definition) is 5. The number of fused-ring (bicyclic) bond motifs is 1. The average Bonchev–Trinajstić information content (AvgIpc) is 3.14. The Morgan fingerprint density at radius 3 is 2.78 bits per heavy atom. The molecule has 0 bridgehead atoms. The Balaban J connectivity index is 0.00000363. The molecule has 2 aromatic rings. The summed E-state index contributed by atoms with van der Waals surface area (Å²) in [6, 6.07) is 11.5. The van der Waals surface area contributed by atoms with Gasteiger partial charge in [-0.3, -0.25) is 0 Å². The summed E-state index contributed by atoms with van der Waals surface area (Å²) in [5.74, 6) is 3.10. The van der Waals surface area contributed by atoms with E-state index in [9.17, 15) is 5.11 Å². The Hall–Kier alpha value is -2.20. The van der Waals surface area contributed by atoms with E-state index < -0.39 is 6.10 Å². The molecule has 1 heterocycles. The first kappa shape index (κ1) is 26.1. The van der Waals surface area contributed by atoms with Crippen LogP contribution in [0.25, 0.3) is 0 Å². The lowest BCUT2D eigenvalue weighted by Gasteiger charge is -2.17. The minimum Gasteiger partial charge on any atom is -0.497 e. The third-order valence-corrected chi connectivity index (χ3v) is 5.07. The lowest BCUT2D eigenvalue weighted by molar-refractivity contribution is 0.180. The van der Waals surface area contributed by atoms with Crippen LogP contribution in [0.5, 0.6) is 17.2 Å². The zero-order valence-electron chi connectivity index (χ0n) is 19.2. The van der Waals surface area contributed by atoms with Gasteiger partial charge >= 0.3 is 0 Å². The Morgan fingerprint density at radius 1 is 1.25 bits per heavy atom. The van der Waals surface area contributed by atoms with Gasteiger partial charge in [-0.25, -0.2) is 4.99 Å². The van der Waals surface area contributed by atoms with Crippen LogP contribution in [0.3, 0.4) is 0 Å². The molecule has 176 valence electrons. The van der Waals surface area contributed by atoms with E-state index in [1.165, 1.54) is 5.56 Å². The number of benzene rings is 2. The van der Waals surface area contributed by atoms with Gasteiger partial charge in [-0.1, -0.05) is 12.1 Å². The van der Waals surface area contributed by atoms with Crippen LogP contribution in [-0.4, -0.2) is 44.0 Å². The van der Waals surface area contributed by atoms with Crippen molar-refractivity contribution in [2.75, 3.05) is 26.8 Å². The van der Waals surface area contributed by atoms with Crippen molar-refractivity contribution < 1.29 is 19.3 Å². The first-order chi connectivity index (χ1) is 15.0. The number of methoxy groups -OCH3 is 1. The van der Waals surface area contributed by atoms with Crippen LogP contribution in [0.1, 0.15) is 43.6 Å². The van der Waals surface area contributed by atoms with Gasteiger partial charge in [0, 0.05) is 30.6 Å². The van der Waals surface area contributed by atoms with Gasteiger partial charge in [-0.2, -0.15) is 0 Å². The Kier molecular flexibility index (Phi) is 10.4. The van der Waals surface area contributed by atoms with Gasteiger partial charge in [-0.05, 0) is 50.6 Å². The molecule has 32 heavy (non-hydrogen) atoms. The maximum atomic E-state index is 10.6. The van der Waals surface area contributed by atoms with E-state index in [0.717, 1.165) is 29.0 Å². The number of aliphatic hydroxyl groups excluding tert-OH is 1. The SMILES string of the molecule is CCNC(=NCc1cc2c(cc1OCC)CC(C)O2)NCC(O)c1cccc(OC)c1.I. The number of hydrogen-bond donors (Lipinski definition) is 3. The van der Waals surface area contributed by atoms with Gasteiger partial charge in [0.15, 0.2) is 5.96 Å². The highest BCUT2D eigenvalue weighted by atomic mass is 127. The highest BCUT2D eigenvalue weighted by Gasteiger charge is 2.22. The molecule has 2 atom stereocenters. The normalized spacial score (nSPS) is 15.8. The number of nitrogens with one attached hydrogen (secondary N) is 2. The first-order valence-electron chi connectivity index (χ1n) is 10.8. The largest absolute Gasteiger partial charge is 0.497 e. The molecule has 1 aliphatic rings. The summed E-state index contributed by atoms with van der Waals surface area (Å²) in [5, 5.41) is 17.0. The van der Waals surface area contributed by atoms with Gasteiger partial charge in [0.1, 0.15) is 23.4 Å². The smallest absolute Gasteiger partial charge is 0.191 e. The van der Waals surface area contributed by atoms with Crippen molar-refractivity contribution in [2.45, 2.75) is 45.9 Å². The zero-order valence-corrected chi connectivity index (χ0v) is 21.5. The van der Waals surface area contributed by atoms with Crippen LogP contribution in [0.2, 0.25) is 0 Å². The van der Waals surface area contributed by atoms with Crippen molar-refractivity contribution in [3.63, 3.8) is 0 Å². The third-order valence-electron chi connectivity index (χ3n) is 5.07. The topological polar surface area (TPSA) is 84.3 Å². The lowest BCUT2D eigenvalue weighted by Crippen LogP contribution is -2.39. The highest BCUT2D eigenvalue weighted by molar-refractivity contribution is 14.0. The molecule has 8 heteroatoms. The lowest BCUT2D eigenvalue weighted by atomic mass is 10.1. The summed E-state index contributed by atoms with van der Waals surface area (Å²) in [6.45, 7) is 8.12. The Morgan fingerprint density at radius 2 is 2.06 bits per heavy atom. The van der Waals surface area contributed by atoms with Gasteiger partial charge in [-0.15, -0.1) is 24.0 Å². The van der Waals surface area contributed by atoms with Crippen molar-refractivity contribution in [3.05, 3.63) is 53.1 Å². The standard InChI is InChI=1S/C24H33N3O4.HI/c1-5-25-24(27-15-21(28)17-8-7-9-20(11-17)29-4)26-14-19-13-23-18(10-16(3)31-23)12-22(19)30-6-2;/h7-9,11-13,16,21,28H,5-6,10,14-15H2,1-4H3,(H2,25,26,27);1H. The molecule has 0 fully saturated rings. The number of rotatable bonds is 9. The van der Waals surface area contributed by atoms with E-state index >= 15 is 0 Å². The summed E-state index contributed by atoms with van der Waals surface area (Å²) >= 11 is 0. The van der Waals surface area contributed by atoms with E-state index in [2.05, 4.69) is 23.6 Å². The van der Waals surface area contributed by atoms with Gasteiger partial charge in [0.25, 0.3) is 0 Å². The molecule has 7 nitrogen and oxygen atoms in total. The fraction of sp³-hybridized carbons (Fsp3) is 0.458. The maximum Gasteiger partial charge on any atom is 0.191 e. The molecule has 3 N–H and O–H groups in total. The van der Waals surface area contributed by atoms with Crippen LogP contribution in [0.15, 0.2) is 41.4 Å². The van der Waals surface area contributed by atoms with Crippen LogP contribution >= 0.6 is 24.0 Å². The van der Waals surface area contributed by atoms with Crippen LogP contribution in [-0.2, 0) is 13.0 Å². The molecule has 0 radical (unpaired) electrons. The number of ether oxygens (including phenoxy) is 3. The Labute approximate surface area is 207 Å². The second-order valence-corrected chi connectivity index (χ2v) is 7.50. The molecule has 0 saturated heterocycles. The van der Waals surface area contributed by atoms with Gasteiger partial charge in [0.05, 0.1) is 26.4 Å². The molecule has 3 rings (SSSR count). The third kappa shape index (κ3) is 6.90. The van der Waals surface area contributed by atoms with E-state index in [-0.39, 0.29) is 30.1 Å². The number of nitrogens with zero attached hydrogens (tertiary/aromatic N) is 1. The number of guanidine groups is 1. The van der Waals surface area contributed by atoms with Gasteiger partial charge < -0.3 is 30.0 Å². The molecule has 2 aromatic carbocycles. The fourth-order valence-electron chi connectivity index (χ4n) is 3.56. The predicted octanol–water partition coefficient (Wildman–Crippen LogP) is 3.82. The van der Waals surface area contributed by atoms with Crippen molar-refractivity contribution in [1.29, 1.82) is 0 Å². The fourth-order valence-corrected chi connectivity index (χ4v) is 3.56. The summed E-state index contributed by atoms with van der Waals surface area (Å²) in [6.07, 6.45) is 0.388. The number of aliphatic hydroxyl groups is 1. The summed E-state index contributed by atoms with van der Waals surface area (Å²) < 4.78 is 17.0. The molecule has 0 spiro atoms. The van der Waals surface area contributed by atoms with Crippen LogP contribution < -0.4 is 24.8 Å². The van der Waals surface area contributed by atoms with E-state index in [4.69, 9.17) is 19.2 Å². The van der Waals surface area contributed by atoms with Crippen LogP contribution in [0, 0.1) is 0 Å². The zero-order chi connectivity index (χ0) is 22.2. The second-order valence-electron chi connectivity index (χ2n) is 7.50. The molecule has 0 saturated carbocycles.